The molecule has 0 aliphatic rings. The van der Waals surface area contributed by atoms with Crippen LogP contribution in [0.1, 0.15) is 348 Å². The number of phosphoric acid groups is 1. The Kier molecular flexibility index (Phi) is 56.4. The van der Waals surface area contributed by atoms with Gasteiger partial charge in [0.15, 0.2) is 0 Å². The quantitative estimate of drug-likeness (QED) is 0.0272. The Balaban J connectivity index is 3.88. The summed E-state index contributed by atoms with van der Waals surface area (Å²) in [5.41, 5.74) is 0. The van der Waals surface area contributed by atoms with Crippen LogP contribution in [0.2, 0.25) is 0 Å². The van der Waals surface area contributed by atoms with Gasteiger partial charge in [0.1, 0.15) is 13.2 Å². The second kappa shape index (κ2) is 56.9. The Morgan fingerprint density at radius 2 is 0.743 bits per heavy atom. The van der Waals surface area contributed by atoms with Crippen molar-refractivity contribution in [3.05, 3.63) is 12.2 Å². The number of phosphoric ester groups is 1. The lowest BCUT2D eigenvalue weighted by Gasteiger charge is -2.30. The highest BCUT2D eigenvalue weighted by molar-refractivity contribution is 7.45. The molecule has 0 aromatic heterocycles. The van der Waals surface area contributed by atoms with Crippen molar-refractivity contribution in [2.75, 3.05) is 40.9 Å². The summed E-state index contributed by atoms with van der Waals surface area (Å²) in [4.78, 5) is 25.6. The first-order chi connectivity index (χ1) is 36.0. The maximum atomic E-state index is 13.0. The number of carbonyl (C=O) groups excluding carboxylic acids is 1. The highest BCUT2D eigenvalue weighted by Gasteiger charge is 2.24. The molecule has 0 saturated heterocycles. The lowest BCUT2D eigenvalue weighted by molar-refractivity contribution is -0.870. The molecule has 0 aliphatic heterocycles. The van der Waals surface area contributed by atoms with E-state index in [-0.39, 0.29) is 19.1 Å². The first-order valence-corrected chi connectivity index (χ1v) is 34.5. The largest absolute Gasteiger partial charge is 0.756 e. The van der Waals surface area contributed by atoms with Gasteiger partial charge in [-0.15, -0.1) is 0 Å². The number of unbranched alkanes of at least 4 members (excludes halogenated alkanes) is 47. The van der Waals surface area contributed by atoms with Crippen LogP contribution in [-0.4, -0.2) is 68.5 Å². The minimum atomic E-state index is -4.57. The molecule has 0 radical (unpaired) electrons. The summed E-state index contributed by atoms with van der Waals surface area (Å²) in [7, 11) is 1.32. The number of aliphatic hydroxyl groups excluding tert-OH is 1. The van der Waals surface area contributed by atoms with E-state index in [4.69, 9.17) is 9.05 Å². The molecule has 0 fully saturated rings. The van der Waals surface area contributed by atoms with Gasteiger partial charge in [0.2, 0.25) is 5.91 Å². The molecule has 0 aromatic rings. The number of allylic oxidation sites excluding steroid dienone is 2. The van der Waals surface area contributed by atoms with E-state index in [0.29, 0.717) is 23.9 Å². The van der Waals surface area contributed by atoms with Gasteiger partial charge in [0.05, 0.1) is 39.9 Å². The van der Waals surface area contributed by atoms with Gasteiger partial charge in [-0.25, -0.2) is 0 Å². The van der Waals surface area contributed by atoms with Crippen molar-refractivity contribution in [3.63, 3.8) is 0 Å². The average Bonchev–Trinajstić information content (AvgIpc) is 3.36. The number of amides is 1. The molecular weight excluding hydrogens is 936 g/mol. The maximum absolute atomic E-state index is 13.0. The van der Waals surface area contributed by atoms with E-state index in [1.165, 1.54) is 283 Å². The monoisotopic (exact) mass is 1070 g/mol. The van der Waals surface area contributed by atoms with Crippen molar-refractivity contribution in [1.82, 2.24) is 5.32 Å². The van der Waals surface area contributed by atoms with Gasteiger partial charge in [-0.1, -0.05) is 315 Å². The number of quaternary nitrogens is 1. The van der Waals surface area contributed by atoms with Crippen LogP contribution in [0.4, 0.5) is 0 Å². The molecule has 1 amide bonds. The van der Waals surface area contributed by atoms with Crippen LogP contribution in [0.3, 0.4) is 0 Å². The molecule has 8 nitrogen and oxygen atoms in total. The van der Waals surface area contributed by atoms with Crippen molar-refractivity contribution in [3.8, 4) is 0 Å². The molecule has 3 unspecified atom stereocenters. The van der Waals surface area contributed by atoms with Crippen LogP contribution >= 0.6 is 7.82 Å². The summed E-state index contributed by atoms with van der Waals surface area (Å²) in [5, 5.41) is 14.0. The van der Waals surface area contributed by atoms with Gasteiger partial charge in [0, 0.05) is 6.42 Å². The molecule has 3 atom stereocenters. The molecular formula is C65H131N2O6P. The van der Waals surface area contributed by atoms with Crippen molar-refractivity contribution in [1.29, 1.82) is 0 Å². The van der Waals surface area contributed by atoms with Gasteiger partial charge in [-0.2, -0.15) is 0 Å². The molecule has 74 heavy (non-hydrogen) atoms. The van der Waals surface area contributed by atoms with Gasteiger partial charge in [-0.05, 0) is 38.5 Å². The molecule has 0 aromatic carbocycles. The molecule has 0 saturated carbocycles. The third-order valence-electron chi connectivity index (χ3n) is 15.5. The number of nitrogens with zero attached hydrogens (tertiary/aromatic N) is 1. The van der Waals surface area contributed by atoms with Gasteiger partial charge in [0.25, 0.3) is 7.82 Å². The zero-order valence-corrected chi connectivity index (χ0v) is 51.5. The molecule has 442 valence electrons. The van der Waals surface area contributed by atoms with Crippen LogP contribution in [0.25, 0.3) is 0 Å². The summed E-state index contributed by atoms with van der Waals surface area (Å²) in [5.74, 6) is -0.158. The van der Waals surface area contributed by atoms with Gasteiger partial charge < -0.3 is 28.8 Å². The van der Waals surface area contributed by atoms with Crippen LogP contribution in [0.15, 0.2) is 12.2 Å². The minimum Gasteiger partial charge on any atom is -0.756 e. The minimum absolute atomic E-state index is 0.0154. The van der Waals surface area contributed by atoms with E-state index in [9.17, 15) is 19.4 Å². The van der Waals surface area contributed by atoms with Crippen LogP contribution in [0, 0.1) is 0 Å². The normalized spacial score (nSPS) is 13.8. The summed E-state index contributed by atoms with van der Waals surface area (Å²) in [6.45, 7) is 4.77. The second-order valence-electron chi connectivity index (χ2n) is 24.2. The fourth-order valence-corrected chi connectivity index (χ4v) is 11.1. The summed E-state index contributed by atoms with van der Waals surface area (Å²) in [6, 6.07) is -0.797. The van der Waals surface area contributed by atoms with E-state index < -0.39 is 20.0 Å². The third kappa shape index (κ3) is 58.9. The zero-order valence-electron chi connectivity index (χ0n) is 50.6. The summed E-state index contributed by atoms with van der Waals surface area (Å²) < 4.78 is 23.4. The smallest absolute Gasteiger partial charge is 0.268 e. The molecule has 0 rings (SSSR count). The summed E-state index contributed by atoms with van der Waals surface area (Å²) in [6.07, 6.45) is 71.5. The first-order valence-electron chi connectivity index (χ1n) is 33.0. The Hall–Kier alpha value is -0.760. The van der Waals surface area contributed by atoms with Crippen molar-refractivity contribution < 1.29 is 32.9 Å². The Morgan fingerprint density at radius 3 is 1.05 bits per heavy atom. The SMILES string of the molecule is CCCCCCCCCCCCCCCCCC/C=C\CCCCCCCCCCCCCCCCCCCC(=O)NC(COP(=O)([O-])OCC[N+](C)(C)C)C(O)CCCCCCCCCCCCCCCCC. The van der Waals surface area contributed by atoms with Crippen molar-refractivity contribution in [2.24, 2.45) is 0 Å². The lowest BCUT2D eigenvalue weighted by atomic mass is 10.0. The van der Waals surface area contributed by atoms with Crippen LogP contribution in [0.5, 0.6) is 0 Å². The van der Waals surface area contributed by atoms with E-state index in [1.807, 2.05) is 21.1 Å². The molecule has 0 bridgehead atoms. The predicted molar refractivity (Wildman–Crippen MR) is 321 cm³/mol. The van der Waals surface area contributed by atoms with Gasteiger partial charge in [-0.3, -0.25) is 9.36 Å². The lowest BCUT2D eigenvalue weighted by Crippen LogP contribution is -2.46. The number of hydrogen-bond donors (Lipinski definition) is 2. The van der Waals surface area contributed by atoms with Crippen LogP contribution < -0.4 is 10.2 Å². The van der Waals surface area contributed by atoms with E-state index >= 15 is 0 Å². The van der Waals surface area contributed by atoms with E-state index in [2.05, 4.69) is 31.3 Å². The number of carbonyl (C=O) groups is 1. The topological polar surface area (TPSA) is 108 Å². The Morgan fingerprint density at radius 1 is 0.459 bits per heavy atom. The zero-order chi connectivity index (χ0) is 54.2. The highest BCUT2D eigenvalue weighted by Crippen LogP contribution is 2.38. The summed E-state index contributed by atoms with van der Waals surface area (Å²) >= 11 is 0. The molecule has 0 aliphatic carbocycles. The highest BCUT2D eigenvalue weighted by atomic mass is 31.2. The van der Waals surface area contributed by atoms with Gasteiger partial charge >= 0.3 is 0 Å². The first kappa shape index (κ1) is 73.2. The second-order valence-corrected chi connectivity index (χ2v) is 25.6. The van der Waals surface area contributed by atoms with Crippen molar-refractivity contribution in [2.45, 2.75) is 360 Å². The number of aliphatic hydroxyl groups is 1. The van der Waals surface area contributed by atoms with E-state index in [1.54, 1.807) is 0 Å². The molecule has 0 heterocycles. The predicted octanol–water partition coefficient (Wildman–Crippen LogP) is 19.9. The van der Waals surface area contributed by atoms with Crippen LogP contribution in [-0.2, 0) is 18.4 Å². The number of hydrogen-bond acceptors (Lipinski definition) is 6. The fraction of sp³-hybridized carbons (Fsp3) is 0.954. The average molecular weight is 1070 g/mol. The van der Waals surface area contributed by atoms with Crippen molar-refractivity contribution >= 4 is 13.7 Å². The fourth-order valence-electron chi connectivity index (χ4n) is 10.3. The Bertz CT molecular complexity index is 1210. The third-order valence-corrected chi connectivity index (χ3v) is 16.5. The number of likely N-dealkylation sites (N-methyl/N-ethyl adjacent to an activating group) is 1. The molecule has 2 N–H and O–H groups in total. The molecule has 9 heteroatoms. The standard InChI is InChI=1S/C65H131N2O6P/c1-6-8-10-12-14-16-18-20-22-23-24-25-26-27-28-29-30-31-32-33-34-35-36-37-38-39-40-41-42-43-45-47-49-51-53-55-57-59-65(69)66-63(62-73-74(70,71)72-61-60-67(3,4)5)64(68)58-56-54-52-50-48-46-44-21-19-17-15-13-11-9-7-2/h31-32,63-64,68H,6-30,33-62H2,1-5H3,(H-,66,69,70,71)/b32-31-. The number of nitrogens with one attached hydrogen (secondary N) is 1. The number of rotatable bonds is 62. The van der Waals surface area contributed by atoms with E-state index in [0.717, 1.165) is 38.5 Å². The molecule has 0 spiro atoms. The maximum Gasteiger partial charge on any atom is 0.268 e. The Labute approximate surface area is 462 Å².